The van der Waals surface area contributed by atoms with Gasteiger partial charge in [-0.25, -0.2) is 9.78 Å². The zero-order chi connectivity index (χ0) is 13.3. The maximum atomic E-state index is 10.8. The van der Waals surface area contributed by atoms with E-state index >= 15 is 0 Å². The average Bonchev–Trinajstić information content (AvgIpc) is 2.77. The van der Waals surface area contributed by atoms with Crippen molar-refractivity contribution < 1.29 is 14.8 Å². The molecule has 0 aliphatic rings. The lowest BCUT2D eigenvalue weighted by molar-refractivity contribution is -0.389. The molecule has 2 aromatic heterocycles. The molecule has 0 bridgehead atoms. The molecule has 8 heteroatoms. The van der Waals surface area contributed by atoms with E-state index in [0.29, 0.717) is 11.5 Å². The Hall–Kier alpha value is -2.77. The number of hydrogen-bond acceptors (Lipinski definition) is 5. The Morgan fingerprint density at radius 3 is 2.72 bits per heavy atom. The number of aromatic nitrogens is 3. The van der Waals surface area contributed by atoms with Crippen LogP contribution in [0.3, 0.4) is 0 Å². The summed E-state index contributed by atoms with van der Waals surface area (Å²) >= 11 is 0. The van der Waals surface area contributed by atoms with Gasteiger partial charge in [-0.3, -0.25) is 4.57 Å². The molecule has 2 aromatic rings. The Morgan fingerprint density at radius 2 is 2.22 bits per heavy atom. The molecule has 2 rings (SSSR count). The van der Waals surface area contributed by atoms with Crippen molar-refractivity contribution in [3.05, 3.63) is 46.0 Å². The molecular formula is C10H8N4O4. The Bertz CT molecular complexity index is 635. The lowest BCUT2D eigenvalue weighted by Gasteiger charge is -2.03. The van der Waals surface area contributed by atoms with Crippen LogP contribution in [0.1, 0.15) is 16.1 Å². The first-order valence-electron chi connectivity index (χ1n) is 4.88. The smallest absolute Gasteiger partial charge is 0.381 e. The summed E-state index contributed by atoms with van der Waals surface area (Å²) in [6, 6.07) is 2.85. The second kappa shape index (κ2) is 4.24. The van der Waals surface area contributed by atoms with E-state index in [1.165, 1.54) is 29.2 Å². The van der Waals surface area contributed by atoms with Crippen LogP contribution in [-0.2, 0) is 0 Å². The fraction of sp³-hybridized carbons (Fsp3) is 0.100. The zero-order valence-electron chi connectivity index (χ0n) is 9.27. The molecule has 0 aliphatic carbocycles. The number of nitro groups is 1. The molecule has 0 unspecified atom stereocenters. The molecule has 18 heavy (non-hydrogen) atoms. The van der Waals surface area contributed by atoms with Gasteiger partial charge >= 0.3 is 11.8 Å². The van der Waals surface area contributed by atoms with E-state index in [0.717, 1.165) is 0 Å². The summed E-state index contributed by atoms with van der Waals surface area (Å²) in [6.45, 7) is 1.55. The molecule has 0 fully saturated rings. The summed E-state index contributed by atoms with van der Waals surface area (Å²) in [5.74, 6) is -0.988. The fourth-order valence-corrected chi connectivity index (χ4v) is 1.45. The second-order valence-electron chi connectivity index (χ2n) is 3.50. The number of rotatable bonds is 3. The van der Waals surface area contributed by atoms with Crippen LogP contribution in [0.5, 0.6) is 0 Å². The van der Waals surface area contributed by atoms with Gasteiger partial charge in [0, 0.05) is 0 Å². The van der Waals surface area contributed by atoms with Crippen LogP contribution >= 0.6 is 0 Å². The molecule has 0 saturated heterocycles. The van der Waals surface area contributed by atoms with Crippen LogP contribution in [0.15, 0.2) is 24.7 Å². The standard InChI is InChI=1S/C10H8N4O4/c1-6-7(10(15)16)2-3-8(12-6)13-4-9(11-5-13)14(17)18/h2-5H,1H3,(H,15,16). The van der Waals surface area contributed by atoms with Gasteiger partial charge < -0.3 is 15.2 Å². The van der Waals surface area contributed by atoms with Crippen molar-refractivity contribution in [3.63, 3.8) is 0 Å². The molecule has 1 N–H and O–H groups in total. The highest BCUT2D eigenvalue weighted by Crippen LogP contribution is 2.13. The van der Waals surface area contributed by atoms with Crippen LogP contribution in [0.4, 0.5) is 5.82 Å². The van der Waals surface area contributed by atoms with Gasteiger partial charge in [0.2, 0.25) is 6.33 Å². The largest absolute Gasteiger partial charge is 0.478 e. The predicted octanol–water partition coefficient (Wildman–Crippen LogP) is 1.18. The van der Waals surface area contributed by atoms with Gasteiger partial charge in [0.15, 0.2) is 0 Å². The van der Waals surface area contributed by atoms with Crippen molar-refractivity contribution in [3.8, 4) is 5.82 Å². The lowest BCUT2D eigenvalue weighted by Crippen LogP contribution is -2.04. The molecule has 0 radical (unpaired) electrons. The minimum atomic E-state index is -1.07. The number of aryl methyl sites for hydroxylation is 1. The van der Waals surface area contributed by atoms with E-state index < -0.39 is 10.9 Å². The second-order valence-corrected chi connectivity index (χ2v) is 3.50. The number of carboxylic acids is 1. The van der Waals surface area contributed by atoms with Gasteiger partial charge in [0.1, 0.15) is 12.0 Å². The Labute approximate surface area is 101 Å². The highest BCUT2D eigenvalue weighted by molar-refractivity contribution is 5.88. The third kappa shape index (κ3) is 2.03. The van der Waals surface area contributed by atoms with Crippen molar-refractivity contribution in [1.82, 2.24) is 14.5 Å². The number of pyridine rings is 1. The first kappa shape index (κ1) is 11.7. The molecule has 8 nitrogen and oxygen atoms in total. The van der Waals surface area contributed by atoms with Crippen molar-refractivity contribution >= 4 is 11.8 Å². The topological polar surface area (TPSA) is 111 Å². The van der Waals surface area contributed by atoms with Gasteiger partial charge in [-0.05, 0) is 29.0 Å². The highest BCUT2D eigenvalue weighted by atomic mass is 16.6. The molecule has 0 spiro atoms. The third-order valence-electron chi connectivity index (χ3n) is 2.32. The third-order valence-corrected chi connectivity index (χ3v) is 2.32. The summed E-state index contributed by atoms with van der Waals surface area (Å²) in [7, 11) is 0. The van der Waals surface area contributed by atoms with E-state index in [4.69, 9.17) is 5.11 Å². The Kier molecular flexibility index (Phi) is 2.76. The summed E-state index contributed by atoms with van der Waals surface area (Å²) in [5, 5.41) is 19.3. The summed E-state index contributed by atoms with van der Waals surface area (Å²) < 4.78 is 1.36. The monoisotopic (exact) mass is 248 g/mol. The number of nitrogens with zero attached hydrogens (tertiary/aromatic N) is 4. The van der Waals surface area contributed by atoms with Crippen molar-refractivity contribution in [2.45, 2.75) is 6.92 Å². The maximum absolute atomic E-state index is 10.8. The van der Waals surface area contributed by atoms with Crippen LogP contribution in [0.25, 0.3) is 5.82 Å². The summed E-state index contributed by atoms with van der Waals surface area (Å²) in [5.41, 5.74) is 0.421. The number of carboxylic acid groups (broad SMARTS) is 1. The van der Waals surface area contributed by atoms with Crippen molar-refractivity contribution in [1.29, 1.82) is 0 Å². The lowest BCUT2D eigenvalue weighted by atomic mass is 10.2. The van der Waals surface area contributed by atoms with Crippen LogP contribution in [0, 0.1) is 17.0 Å². The zero-order valence-corrected chi connectivity index (χ0v) is 9.27. The number of carbonyl (C=O) groups is 1. The van der Waals surface area contributed by atoms with Crippen LogP contribution < -0.4 is 0 Å². The minimum absolute atomic E-state index is 0.0911. The van der Waals surface area contributed by atoms with E-state index in [-0.39, 0.29) is 11.4 Å². The molecule has 0 aromatic carbocycles. The first-order valence-corrected chi connectivity index (χ1v) is 4.88. The molecule has 0 aliphatic heterocycles. The van der Waals surface area contributed by atoms with Gasteiger partial charge in [0.05, 0.1) is 11.3 Å². The fourth-order valence-electron chi connectivity index (χ4n) is 1.45. The summed E-state index contributed by atoms with van der Waals surface area (Å²) in [6.07, 6.45) is 2.46. The van der Waals surface area contributed by atoms with E-state index in [1.54, 1.807) is 6.92 Å². The molecule has 0 atom stereocenters. The number of aromatic carboxylic acids is 1. The molecular weight excluding hydrogens is 240 g/mol. The molecule has 2 heterocycles. The van der Waals surface area contributed by atoms with Gasteiger partial charge in [0.25, 0.3) is 0 Å². The Balaban J connectivity index is 2.42. The molecule has 0 amide bonds. The van der Waals surface area contributed by atoms with E-state index in [1.807, 2.05) is 0 Å². The van der Waals surface area contributed by atoms with Crippen molar-refractivity contribution in [2.24, 2.45) is 0 Å². The van der Waals surface area contributed by atoms with Gasteiger partial charge in [-0.1, -0.05) is 0 Å². The molecule has 0 saturated carbocycles. The molecule has 92 valence electrons. The maximum Gasteiger partial charge on any atom is 0.381 e. The van der Waals surface area contributed by atoms with Crippen LogP contribution in [-0.4, -0.2) is 30.5 Å². The number of imidazole rings is 1. The predicted molar refractivity (Wildman–Crippen MR) is 59.7 cm³/mol. The quantitative estimate of drug-likeness (QED) is 0.644. The SMILES string of the molecule is Cc1nc(-n2cnc([N+](=O)[O-])c2)ccc1C(=O)O. The van der Waals surface area contributed by atoms with Crippen LogP contribution in [0.2, 0.25) is 0 Å². The summed E-state index contributed by atoms with van der Waals surface area (Å²) in [4.78, 5) is 28.3. The first-order chi connectivity index (χ1) is 8.49. The highest BCUT2D eigenvalue weighted by Gasteiger charge is 2.13. The average molecular weight is 248 g/mol. The Morgan fingerprint density at radius 1 is 1.50 bits per heavy atom. The van der Waals surface area contributed by atoms with Crippen molar-refractivity contribution in [2.75, 3.05) is 0 Å². The van der Waals surface area contributed by atoms with Gasteiger partial charge in [-0.15, -0.1) is 0 Å². The minimum Gasteiger partial charge on any atom is -0.478 e. The normalized spacial score (nSPS) is 10.3. The number of hydrogen-bond donors (Lipinski definition) is 1. The van der Waals surface area contributed by atoms with E-state index in [9.17, 15) is 14.9 Å². The van der Waals surface area contributed by atoms with Gasteiger partial charge in [-0.2, -0.15) is 0 Å². The van der Waals surface area contributed by atoms with E-state index in [2.05, 4.69) is 9.97 Å².